The maximum atomic E-state index is 12.1. The molecule has 1 fully saturated rings. The van der Waals surface area contributed by atoms with Gasteiger partial charge in [0.25, 0.3) is 0 Å². The molecule has 1 aromatic rings. The minimum absolute atomic E-state index is 0.119. The van der Waals surface area contributed by atoms with Crippen LogP contribution in [0.15, 0.2) is 24.3 Å². The molecule has 4 nitrogen and oxygen atoms in total. The van der Waals surface area contributed by atoms with Crippen molar-refractivity contribution in [2.45, 2.75) is 65.3 Å². The first-order valence-electron chi connectivity index (χ1n) is 9.65. The zero-order valence-corrected chi connectivity index (χ0v) is 16.9. The van der Waals surface area contributed by atoms with E-state index in [0.717, 1.165) is 31.2 Å². The number of hydrogen-bond donors (Lipinski definition) is 2. The van der Waals surface area contributed by atoms with Crippen molar-refractivity contribution in [3.8, 4) is 0 Å². The zero-order valence-electron chi connectivity index (χ0n) is 16.1. The van der Waals surface area contributed by atoms with Crippen LogP contribution in [0.2, 0.25) is 5.02 Å². The highest BCUT2D eigenvalue weighted by Gasteiger charge is 2.32. The quantitative estimate of drug-likeness (QED) is 0.732. The maximum Gasteiger partial charge on any atom is 0.309 e. The summed E-state index contributed by atoms with van der Waals surface area (Å²) in [7, 11) is 0. The van der Waals surface area contributed by atoms with Gasteiger partial charge in [-0.2, -0.15) is 0 Å². The number of rotatable bonds is 6. The predicted molar refractivity (Wildman–Crippen MR) is 106 cm³/mol. The van der Waals surface area contributed by atoms with E-state index in [2.05, 4.69) is 31.4 Å². The van der Waals surface area contributed by atoms with Crippen LogP contribution >= 0.6 is 11.6 Å². The van der Waals surface area contributed by atoms with E-state index in [9.17, 15) is 9.59 Å². The number of amides is 2. The monoisotopic (exact) mass is 378 g/mol. The Bertz CT molecular complexity index is 605. The van der Waals surface area contributed by atoms with Crippen molar-refractivity contribution >= 4 is 23.4 Å². The molecule has 2 N–H and O–H groups in total. The SMILES string of the molecule is CCC(C)(C)C1CCC(NC(=O)C(=O)NCCc2ccc(Cl)cc2)CC1. The van der Waals surface area contributed by atoms with Crippen LogP contribution in [0.25, 0.3) is 0 Å². The summed E-state index contributed by atoms with van der Waals surface area (Å²) in [6.45, 7) is 7.32. The molecule has 2 rings (SSSR count). The molecular weight excluding hydrogens is 348 g/mol. The van der Waals surface area contributed by atoms with Gasteiger partial charge >= 0.3 is 11.8 Å². The molecule has 0 heterocycles. The summed E-state index contributed by atoms with van der Waals surface area (Å²) in [5.74, 6) is -0.358. The van der Waals surface area contributed by atoms with Crippen molar-refractivity contribution in [2.75, 3.05) is 6.54 Å². The van der Waals surface area contributed by atoms with Gasteiger partial charge in [0.15, 0.2) is 0 Å². The molecule has 0 aliphatic heterocycles. The third kappa shape index (κ3) is 6.01. The van der Waals surface area contributed by atoms with Crippen LogP contribution in [0.3, 0.4) is 0 Å². The van der Waals surface area contributed by atoms with Gasteiger partial charge in [-0.3, -0.25) is 9.59 Å². The number of carbonyl (C=O) groups excluding carboxylic acids is 2. The molecule has 0 bridgehead atoms. The topological polar surface area (TPSA) is 58.2 Å². The summed E-state index contributed by atoms with van der Waals surface area (Å²) in [4.78, 5) is 24.1. The highest BCUT2D eigenvalue weighted by molar-refractivity contribution is 6.35. The zero-order chi connectivity index (χ0) is 19.2. The fraction of sp³-hybridized carbons (Fsp3) is 0.619. The molecule has 1 aliphatic carbocycles. The first kappa shape index (κ1) is 20.8. The maximum absolute atomic E-state index is 12.1. The molecule has 0 radical (unpaired) electrons. The Morgan fingerprint density at radius 2 is 1.69 bits per heavy atom. The normalized spacial score (nSPS) is 20.5. The van der Waals surface area contributed by atoms with Gasteiger partial charge in [-0.1, -0.05) is 50.9 Å². The third-order valence-corrected chi connectivity index (χ3v) is 6.15. The molecule has 0 spiro atoms. The second-order valence-electron chi connectivity index (χ2n) is 8.00. The number of benzene rings is 1. The lowest BCUT2D eigenvalue weighted by atomic mass is 9.69. The molecule has 1 aliphatic rings. The van der Waals surface area contributed by atoms with Crippen LogP contribution < -0.4 is 10.6 Å². The molecule has 26 heavy (non-hydrogen) atoms. The van der Waals surface area contributed by atoms with Crippen LogP contribution in [-0.4, -0.2) is 24.4 Å². The number of halogens is 1. The van der Waals surface area contributed by atoms with Gasteiger partial charge in [0, 0.05) is 17.6 Å². The summed E-state index contributed by atoms with van der Waals surface area (Å²) < 4.78 is 0. The summed E-state index contributed by atoms with van der Waals surface area (Å²) in [5.41, 5.74) is 1.43. The van der Waals surface area contributed by atoms with Crippen molar-refractivity contribution in [2.24, 2.45) is 11.3 Å². The molecule has 5 heteroatoms. The van der Waals surface area contributed by atoms with Crippen molar-refractivity contribution in [3.05, 3.63) is 34.9 Å². The van der Waals surface area contributed by atoms with E-state index in [1.807, 2.05) is 24.3 Å². The second kappa shape index (κ2) is 9.40. The van der Waals surface area contributed by atoms with E-state index >= 15 is 0 Å². The van der Waals surface area contributed by atoms with E-state index in [1.54, 1.807) is 0 Å². The summed E-state index contributed by atoms with van der Waals surface area (Å²) in [6.07, 6.45) is 5.99. The molecule has 0 unspecified atom stereocenters. The Kier molecular flexibility index (Phi) is 7.51. The van der Waals surface area contributed by atoms with Crippen LogP contribution in [-0.2, 0) is 16.0 Å². The summed E-state index contributed by atoms with van der Waals surface area (Å²) in [5, 5.41) is 6.28. The molecular formula is C21H31ClN2O2. The highest BCUT2D eigenvalue weighted by atomic mass is 35.5. The fourth-order valence-corrected chi connectivity index (χ4v) is 3.74. The Balaban J connectivity index is 1.69. The van der Waals surface area contributed by atoms with Crippen LogP contribution in [0.1, 0.15) is 58.4 Å². The molecule has 1 saturated carbocycles. The van der Waals surface area contributed by atoms with Crippen molar-refractivity contribution < 1.29 is 9.59 Å². The van der Waals surface area contributed by atoms with Crippen LogP contribution in [0.4, 0.5) is 0 Å². The average Bonchev–Trinajstić information content (AvgIpc) is 2.63. The van der Waals surface area contributed by atoms with Gasteiger partial charge in [0.05, 0.1) is 0 Å². The first-order chi connectivity index (χ1) is 12.3. The molecule has 2 amide bonds. The van der Waals surface area contributed by atoms with Gasteiger partial charge in [-0.05, 0) is 61.1 Å². The van der Waals surface area contributed by atoms with Gasteiger partial charge < -0.3 is 10.6 Å². The van der Waals surface area contributed by atoms with Crippen molar-refractivity contribution in [1.29, 1.82) is 0 Å². The third-order valence-electron chi connectivity index (χ3n) is 5.90. The number of hydrogen-bond acceptors (Lipinski definition) is 2. The number of carbonyl (C=O) groups is 2. The van der Waals surface area contributed by atoms with E-state index in [-0.39, 0.29) is 6.04 Å². The average molecular weight is 379 g/mol. The largest absolute Gasteiger partial charge is 0.348 e. The van der Waals surface area contributed by atoms with Crippen LogP contribution in [0.5, 0.6) is 0 Å². The Hall–Kier alpha value is -1.55. The van der Waals surface area contributed by atoms with Crippen LogP contribution in [0, 0.1) is 11.3 Å². The fourth-order valence-electron chi connectivity index (χ4n) is 3.61. The lowest BCUT2D eigenvalue weighted by molar-refractivity contribution is -0.139. The Morgan fingerprint density at radius 3 is 2.27 bits per heavy atom. The van der Waals surface area contributed by atoms with Crippen molar-refractivity contribution in [1.82, 2.24) is 10.6 Å². The summed E-state index contributed by atoms with van der Waals surface area (Å²) in [6, 6.07) is 7.60. The van der Waals surface area contributed by atoms with E-state index < -0.39 is 11.8 Å². The molecule has 0 atom stereocenters. The smallest absolute Gasteiger partial charge is 0.309 e. The lowest BCUT2D eigenvalue weighted by Crippen LogP contribution is -2.46. The van der Waals surface area contributed by atoms with Gasteiger partial charge in [-0.25, -0.2) is 0 Å². The Labute approximate surface area is 162 Å². The molecule has 144 valence electrons. The Morgan fingerprint density at radius 1 is 1.08 bits per heavy atom. The standard InChI is InChI=1S/C21H31ClN2O2/c1-4-21(2,3)16-7-11-18(12-8-16)24-20(26)19(25)23-14-13-15-5-9-17(22)10-6-15/h5-6,9-10,16,18H,4,7-8,11-14H2,1-3H3,(H,23,25)(H,24,26). The van der Waals surface area contributed by atoms with E-state index in [4.69, 9.17) is 11.6 Å². The van der Waals surface area contributed by atoms with E-state index in [0.29, 0.717) is 29.3 Å². The first-order valence-corrected chi connectivity index (χ1v) is 10.0. The minimum Gasteiger partial charge on any atom is -0.348 e. The van der Waals surface area contributed by atoms with Gasteiger partial charge in [-0.15, -0.1) is 0 Å². The van der Waals surface area contributed by atoms with Crippen molar-refractivity contribution in [3.63, 3.8) is 0 Å². The predicted octanol–water partition coefficient (Wildman–Crippen LogP) is 4.11. The number of nitrogens with one attached hydrogen (secondary N) is 2. The second-order valence-corrected chi connectivity index (χ2v) is 8.43. The minimum atomic E-state index is -0.546. The molecule has 1 aromatic carbocycles. The van der Waals surface area contributed by atoms with Gasteiger partial charge in [0.1, 0.15) is 0 Å². The lowest BCUT2D eigenvalue weighted by Gasteiger charge is -2.39. The molecule has 0 aromatic heterocycles. The highest BCUT2D eigenvalue weighted by Crippen LogP contribution is 2.40. The van der Waals surface area contributed by atoms with E-state index in [1.165, 1.54) is 6.42 Å². The van der Waals surface area contributed by atoms with Gasteiger partial charge in [0.2, 0.25) is 0 Å². The summed E-state index contributed by atoms with van der Waals surface area (Å²) >= 11 is 5.85. The molecule has 0 saturated heterocycles.